The molecule has 0 radical (unpaired) electrons. The SMILES string of the molecule is C=CCOc1ccc(/C=C2/SC(=O)N(CC(=O)Nc3ccc4c(c3)OCO4)C2=O)cc1. The maximum Gasteiger partial charge on any atom is 0.294 e. The van der Waals surface area contributed by atoms with E-state index in [1.165, 1.54) is 0 Å². The molecule has 1 saturated heterocycles. The predicted octanol–water partition coefficient (Wildman–Crippen LogP) is 3.66. The van der Waals surface area contributed by atoms with Gasteiger partial charge < -0.3 is 19.5 Å². The van der Waals surface area contributed by atoms with Crippen molar-refractivity contribution in [2.45, 2.75) is 0 Å². The highest BCUT2D eigenvalue weighted by Crippen LogP contribution is 2.35. The Hall–Kier alpha value is -3.72. The Labute approximate surface area is 182 Å². The van der Waals surface area contributed by atoms with Gasteiger partial charge in [0.1, 0.15) is 18.9 Å². The molecule has 2 heterocycles. The molecule has 0 aromatic heterocycles. The molecule has 4 rings (SSSR count). The Bertz CT molecular complexity index is 1080. The first-order valence-corrected chi connectivity index (χ1v) is 10.1. The van der Waals surface area contributed by atoms with Crippen molar-refractivity contribution < 1.29 is 28.6 Å². The van der Waals surface area contributed by atoms with Crippen LogP contribution in [0.15, 0.2) is 60.0 Å². The normalized spacial score (nSPS) is 16.0. The minimum absolute atomic E-state index is 0.125. The third-order valence-electron chi connectivity index (χ3n) is 4.38. The number of carbonyl (C=O) groups is 3. The number of ether oxygens (including phenoxy) is 3. The van der Waals surface area contributed by atoms with Crippen LogP contribution >= 0.6 is 11.8 Å². The summed E-state index contributed by atoms with van der Waals surface area (Å²) in [5.74, 6) is 0.779. The minimum Gasteiger partial charge on any atom is -0.490 e. The summed E-state index contributed by atoms with van der Waals surface area (Å²) in [5, 5.41) is 2.16. The Kier molecular flexibility index (Phi) is 5.94. The van der Waals surface area contributed by atoms with Gasteiger partial charge in [0.2, 0.25) is 12.7 Å². The maximum atomic E-state index is 12.6. The van der Waals surface area contributed by atoms with Crippen LogP contribution in [0.1, 0.15) is 5.56 Å². The quantitative estimate of drug-likeness (QED) is 0.521. The lowest BCUT2D eigenvalue weighted by Gasteiger charge is -2.12. The summed E-state index contributed by atoms with van der Waals surface area (Å²) in [7, 11) is 0. The second kappa shape index (κ2) is 8.97. The smallest absolute Gasteiger partial charge is 0.294 e. The van der Waals surface area contributed by atoms with Crippen LogP contribution in [-0.4, -0.2) is 41.9 Å². The van der Waals surface area contributed by atoms with Gasteiger partial charge in [-0.15, -0.1) is 0 Å². The third kappa shape index (κ3) is 4.72. The van der Waals surface area contributed by atoms with Crippen molar-refractivity contribution in [1.82, 2.24) is 4.90 Å². The number of hydrogen-bond acceptors (Lipinski definition) is 7. The highest BCUT2D eigenvalue weighted by atomic mass is 32.2. The van der Waals surface area contributed by atoms with Crippen molar-refractivity contribution in [3.05, 3.63) is 65.6 Å². The molecule has 0 saturated carbocycles. The fraction of sp³-hybridized carbons (Fsp3) is 0.136. The first-order chi connectivity index (χ1) is 15.0. The van der Waals surface area contributed by atoms with Gasteiger partial charge >= 0.3 is 0 Å². The number of carbonyl (C=O) groups excluding carboxylic acids is 3. The molecule has 1 N–H and O–H groups in total. The molecule has 2 aromatic rings. The fourth-order valence-corrected chi connectivity index (χ4v) is 3.76. The Morgan fingerprint density at radius 3 is 2.71 bits per heavy atom. The van der Waals surface area contributed by atoms with E-state index in [9.17, 15) is 14.4 Å². The van der Waals surface area contributed by atoms with Gasteiger partial charge in [-0.1, -0.05) is 24.8 Å². The van der Waals surface area contributed by atoms with Gasteiger partial charge in [0.05, 0.1) is 4.91 Å². The molecule has 2 aliphatic rings. The van der Waals surface area contributed by atoms with Crippen LogP contribution in [0.4, 0.5) is 10.5 Å². The average molecular weight is 438 g/mol. The lowest BCUT2D eigenvalue weighted by molar-refractivity contribution is -0.127. The number of anilines is 1. The van der Waals surface area contributed by atoms with Gasteiger partial charge in [-0.2, -0.15) is 0 Å². The van der Waals surface area contributed by atoms with E-state index in [0.717, 1.165) is 22.2 Å². The van der Waals surface area contributed by atoms with Crippen molar-refractivity contribution >= 4 is 40.6 Å². The average Bonchev–Trinajstić information content (AvgIpc) is 3.33. The van der Waals surface area contributed by atoms with Crippen molar-refractivity contribution in [1.29, 1.82) is 0 Å². The summed E-state index contributed by atoms with van der Waals surface area (Å²) in [6.45, 7) is 3.73. The number of hydrogen-bond donors (Lipinski definition) is 1. The topological polar surface area (TPSA) is 94.2 Å². The summed E-state index contributed by atoms with van der Waals surface area (Å²) < 4.78 is 15.9. The van der Waals surface area contributed by atoms with E-state index in [-0.39, 0.29) is 18.2 Å². The van der Waals surface area contributed by atoms with Gasteiger partial charge in [-0.3, -0.25) is 19.3 Å². The molecule has 0 bridgehead atoms. The summed E-state index contributed by atoms with van der Waals surface area (Å²) in [6, 6.07) is 12.0. The molecule has 3 amide bonds. The van der Waals surface area contributed by atoms with E-state index >= 15 is 0 Å². The molecule has 158 valence electrons. The van der Waals surface area contributed by atoms with Crippen molar-refractivity contribution in [3.8, 4) is 17.2 Å². The molecule has 2 aliphatic heterocycles. The van der Waals surface area contributed by atoms with Crippen molar-refractivity contribution in [2.24, 2.45) is 0 Å². The van der Waals surface area contributed by atoms with E-state index in [2.05, 4.69) is 11.9 Å². The predicted molar refractivity (Wildman–Crippen MR) is 116 cm³/mol. The van der Waals surface area contributed by atoms with Gasteiger partial charge in [0, 0.05) is 11.8 Å². The standard InChI is InChI=1S/C22H18N2O6S/c1-2-9-28-16-6-3-14(4-7-16)10-19-21(26)24(22(27)31-19)12-20(25)23-15-5-8-17-18(11-15)30-13-29-17/h2-8,10-11H,1,9,12-13H2,(H,23,25)/b19-10+. The van der Waals surface area contributed by atoms with Crippen LogP contribution in [0.2, 0.25) is 0 Å². The summed E-state index contributed by atoms with van der Waals surface area (Å²) in [5.41, 5.74) is 1.22. The second-order valence-electron chi connectivity index (χ2n) is 6.55. The Morgan fingerprint density at radius 1 is 1.16 bits per heavy atom. The summed E-state index contributed by atoms with van der Waals surface area (Å²) in [4.78, 5) is 38.5. The molecule has 0 aliphatic carbocycles. The second-order valence-corrected chi connectivity index (χ2v) is 7.55. The van der Waals surface area contributed by atoms with E-state index in [4.69, 9.17) is 14.2 Å². The maximum absolute atomic E-state index is 12.6. The number of benzene rings is 2. The van der Waals surface area contributed by atoms with Crippen LogP contribution < -0.4 is 19.5 Å². The molecule has 8 nitrogen and oxygen atoms in total. The molecular formula is C22H18N2O6S. The zero-order valence-electron chi connectivity index (χ0n) is 16.3. The van der Waals surface area contributed by atoms with E-state index < -0.39 is 17.1 Å². The number of amides is 3. The van der Waals surface area contributed by atoms with Crippen LogP contribution in [0.3, 0.4) is 0 Å². The zero-order chi connectivity index (χ0) is 21.8. The van der Waals surface area contributed by atoms with Gasteiger partial charge in [-0.05, 0) is 47.7 Å². The highest BCUT2D eigenvalue weighted by Gasteiger charge is 2.36. The molecule has 31 heavy (non-hydrogen) atoms. The van der Waals surface area contributed by atoms with Crippen LogP contribution in [0, 0.1) is 0 Å². The minimum atomic E-state index is -0.511. The molecular weight excluding hydrogens is 420 g/mol. The van der Waals surface area contributed by atoms with Gasteiger partial charge in [0.15, 0.2) is 11.5 Å². The molecule has 1 fully saturated rings. The van der Waals surface area contributed by atoms with Crippen molar-refractivity contribution in [3.63, 3.8) is 0 Å². The molecule has 2 aromatic carbocycles. The number of imide groups is 1. The van der Waals surface area contributed by atoms with E-state index in [1.54, 1.807) is 54.6 Å². The monoisotopic (exact) mass is 438 g/mol. The Morgan fingerprint density at radius 2 is 1.94 bits per heavy atom. The fourth-order valence-electron chi connectivity index (χ4n) is 2.92. The molecule has 0 atom stereocenters. The molecule has 9 heteroatoms. The zero-order valence-corrected chi connectivity index (χ0v) is 17.1. The first-order valence-electron chi connectivity index (χ1n) is 9.32. The third-order valence-corrected chi connectivity index (χ3v) is 5.28. The number of nitrogens with zero attached hydrogens (tertiary/aromatic N) is 1. The Balaban J connectivity index is 1.39. The number of fused-ring (bicyclic) bond motifs is 1. The molecule has 0 unspecified atom stereocenters. The van der Waals surface area contributed by atoms with Crippen LogP contribution in [0.25, 0.3) is 6.08 Å². The van der Waals surface area contributed by atoms with E-state index in [0.29, 0.717) is 29.5 Å². The van der Waals surface area contributed by atoms with Gasteiger partial charge in [-0.25, -0.2) is 0 Å². The summed E-state index contributed by atoms with van der Waals surface area (Å²) in [6.07, 6.45) is 3.25. The van der Waals surface area contributed by atoms with Crippen LogP contribution in [-0.2, 0) is 9.59 Å². The highest BCUT2D eigenvalue weighted by molar-refractivity contribution is 8.18. The van der Waals surface area contributed by atoms with Gasteiger partial charge in [0.25, 0.3) is 11.1 Å². The van der Waals surface area contributed by atoms with Crippen LogP contribution in [0.5, 0.6) is 17.2 Å². The number of thioether (sulfide) groups is 1. The van der Waals surface area contributed by atoms with E-state index in [1.807, 2.05) is 0 Å². The van der Waals surface area contributed by atoms with Crippen molar-refractivity contribution in [2.75, 3.05) is 25.3 Å². The largest absolute Gasteiger partial charge is 0.490 e. The summed E-state index contributed by atoms with van der Waals surface area (Å²) >= 11 is 0.797. The lowest BCUT2D eigenvalue weighted by atomic mass is 10.2. The lowest BCUT2D eigenvalue weighted by Crippen LogP contribution is -2.36. The number of nitrogens with one attached hydrogen (secondary N) is 1. The first kappa shape index (κ1) is 20.5. The molecule has 0 spiro atoms. The number of rotatable bonds is 7.